The van der Waals surface area contributed by atoms with Crippen LogP contribution < -0.4 is 0 Å². The second-order valence-electron chi connectivity index (χ2n) is 13.8. The molecule has 0 aliphatic rings. The third kappa shape index (κ3) is 34.2. The second-order valence-corrected chi connectivity index (χ2v) is 13.8. The molecule has 0 spiro atoms. The lowest BCUT2D eigenvalue weighted by Gasteiger charge is -2.17. The molecule has 0 heterocycles. The predicted molar refractivity (Wildman–Crippen MR) is 187 cm³/mol. The van der Waals surface area contributed by atoms with Gasteiger partial charge < -0.3 is 0 Å². The zero-order valence-electron chi connectivity index (χ0n) is 29.0. The summed E-state index contributed by atoms with van der Waals surface area (Å²) in [5.41, 5.74) is 0. The Morgan fingerprint density at radius 3 is 0.525 bits per heavy atom. The van der Waals surface area contributed by atoms with Gasteiger partial charge in [-0.2, -0.15) is 0 Å². The lowest BCUT2D eigenvalue weighted by molar-refractivity contribution is 0.365. The van der Waals surface area contributed by atoms with Gasteiger partial charge in [0.1, 0.15) is 0 Å². The van der Waals surface area contributed by atoms with Gasteiger partial charge in [-0.25, -0.2) is 0 Å². The molecular formula is C40H82. The fraction of sp³-hybridized carbons (Fsp3) is 1.00. The Morgan fingerprint density at radius 2 is 0.350 bits per heavy atom. The van der Waals surface area contributed by atoms with Crippen molar-refractivity contribution in [3.8, 4) is 0 Å². The Labute approximate surface area is 257 Å². The largest absolute Gasteiger partial charge is 0.0654 e. The lowest BCUT2D eigenvalue weighted by atomic mass is 9.89. The van der Waals surface area contributed by atoms with Crippen LogP contribution in [0.4, 0.5) is 0 Å². The van der Waals surface area contributed by atoms with Crippen molar-refractivity contribution in [3.63, 3.8) is 0 Å². The minimum absolute atomic E-state index is 1.04. The molecule has 0 saturated carbocycles. The molecule has 40 heavy (non-hydrogen) atoms. The van der Waals surface area contributed by atoms with Crippen LogP contribution in [0.15, 0.2) is 0 Å². The SMILES string of the molecule is CCCCCCCCCCCCCCCCCCCCC(CCCCCCCC)CCCCCCCCCCC. The van der Waals surface area contributed by atoms with Gasteiger partial charge in [0.15, 0.2) is 0 Å². The highest BCUT2D eigenvalue weighted by Crippen LogP contribution is 2.25. The molecule has 0 fully saturated rings. The van der Waals surface area contributed by atoms with Crippen LogP contribution in [0.2, 0.25) is 0 Å². The van der Waals surface area contributed by atoms with E-state index in [0.29, 0.717) is 0 Å². The molecule has 0 heteroatoms. The zero-order valence-corrected chi connectivity index (χ0v) is 29.0. The summed E-state index contributed by atoms with van der Waals surface area (Å²) in [5.74, 6) is 1.04. The van der Waals surface area contributed by atoms with Crippen LogP contribution in [0.3, 0.4) is 0 Å². The number of hydrogen-bond acceptors (Lipinski definition) is 0. The van der Waals surface area contributed by atoms with E-state index in [1.165, 1.54) is 231 Å². The highest BCUT2D eigenvalue weighted by molar-refractivity contribution is 4.62. The first-order valence-electron chi connectivity index (χ1n) is 19.8. The van der Waals surface area contributed by atoms with Crippen molar-refractivity contribution in [1.82, 2.24) is 0 Å². The van der Waals surface area contributed by atoms with Gasteiger partial charge >= 0.3 is 0 Å². The topological polar surface area (TPSA) is 0 Å². The molecule has 0 aromatic heterocycles. The molecule has 0 aliphatic heterocycles. The predicted octanol–water partition coefficient (Wildman–Crippen LogP) is 15.7. The van der Waals surface area contributed by atoms with Crippen LogP contribution in [0.25, 0.3) is 0 Å². The monoisotopic (exact) mass is 563 g/mol. The molecule has 0 amide bonds. The van der Waals surface area contributed by atoms with Crippen LogP contribution >= 0.6 is 0 Å². The Bertz CT molecular complexity index is 412. The van der Waals surface area contributed by atoms with Gasteiger partial charge in [0, 0.05) is 0 Å². The van der Waals surface area contributed by atoms with E-state index in [0.717, 1.165) is 5.92 Å². The molecule has 0 aliphatic carbocycles. The standard InChI is InChI=1S/C40H82/c1-4-7-10-13-16-18-19-20-21-22-23-24-25-26-28-30-33-36-39-40(37-34-31-15-12-9-6-3)38-35-32-29-27-17-14-11-8-5-2/h40H,4-39H2,1-3H3. The summed E-state index contributed by atoms with van der Waals surface area (Å²) in [6, 6.07) is 0. The van der Waals surface area contributed by atoms with Gasteiger partial charge in [-0.1, -0.05) is 252 Å². The Balaban J connectivity index is 3.66. The van der Waals surface area contributed by atoms with Crippen LogP contribution in [0.5, 0.6) is 0 Å². The van der Waals surface area contributed by atoms with E-state index in [1.807, 2.05) is 0 Å². The summed E-state index contributed by atoms with van der Waals surface area (Å²) in [6.07, 6.45) is 53.3. The van der Waals surface area contributed by atoms with Crippen molar-refractivity contribution in [2.75, 3.05) is 0 Å². The zero-order chi connectivity index (χ0) is 29.0. The van der Waals surface area contributed by atoms with Gasteiger partial charge in [0.2, 0.25) is 0 Å². The van der Waals surface area contributed by atoms with Gasteiger partial charge in [-0.05, 0) is 5.92 Å². The molecular weight excluding hydrogens is 480 g/mol. The molecule has 0 N–H and O–H groups in total. The van der Waals surface area contributed by atoms with Crippen LogP contribution in [0, 0.1) is 5.92 Å². The molecule has 0 bridgehead atoms. The van der Waals surface area contributed by atoms with Crippen molar-refractivity contribution in [2.45, 2.75) is 252 Å². The third-order valence-electron chi connectivity index (χ3n) is 9.65. The Kier molecular flexibility index (Phi) is 37.0. The first-order valence-corrected chi connectivity index (χ1v) is 19.8. The van der Waals surface area contributed by atoms with E-state index in [4.69, 9.17) is 0 Å². The first kappa shape index (κ1) is 40.0. The van der Waals surface area contributed by atoms with Gasteiger partial charge in [0.05, 0.1) is 0 Å². The summed E-state index contributed by atoms with van der Waals surface area (Å²) >= 11 is 0. The maximum absolute atomic E-state index is 2.33. The minimum atomic E-state index is 1.04. The van der Waals surface area contributed by atoms with E-state index in [1.54, 1.807) is 0 Å². The van der Waals surface area contributed by atoms with Crippen LogP contribution in [-0.2, 0) is 0 Å². The smallest absolute Gasteiger partial charge is 0.0414 e. The highest BCUT2D eigenvalue weighted by atomic mass is 14.1. The van der Waals surface area contributed by atoms with Crippen molar-refractivity contribution < 1.29 is 0 Å². The Hall–Kier alpha value is 0. The maximum atomic E-state index is 2.33. The maximum Gasteiger partial charge on any atom is -0.0414 e. The van der Waals surface area contributed by atoms with E-state index in [-0.39, 0.29) is 0 Å². The summed E-state index contributed by atoms with van der Waals surface area (Å²) in [7, 11) is 0. The third-order valence-corrected chi connectivity index (χ3v) is 9.65. The highest BCUT2D eigenvalue weighted by Gasteiger charge is 2.09. The lowest BCUT2D eigenvalue weighted by Crippen LogP contribution is -2.01. The molecule has 242 valence electrons. The first-order chi connectivity index (χ1) is 19.8. The van der Waals surface area contributed by atoms with Crippen LogP contribution in [-0.4, -0.2) is 0 Å². The summed E-state index contributed by atoms with van der Waals surface area (Å²) < 4.78 is 0. The Morgan fingerprint density at radius 1 is 0.200 bits per heavy atom. The van der Waals surface area contributed by atoms with Crippen molar-refractivity contribution >= 4 is 0 Å². The van der Waals surface area contributed by atoms with Crippen LogP contribution in [0.1, 0.15) is 252 Å². The second kappa shape index (κ2) is 37.0. The van der Waals surface area contributed by atoms with Gasteiger partial charge in [0.25, 0.3) is 0 Å². The van der Waals surface area contributed by atoms with E-state index >= 15 is 0 Å². The van der Waals surface area contributed by atoms with E-state index in [2.05, 4.69) is 20.8 Å². The van der Waals surface area contributed by atoms with Crippen molar-refractivity contribution in [1.29, 1.82) is 0 Å². The molecule has 0 saturated heterocycles. The minimum Gasteiger partial charge on any atom is -0.0654 e. The molecule has 1 unspecified atom stereocenters. The van der Waals surface area contributed by atoms with E-state index < -0.39 is 0 Å². The number of rotatable bonds is 36. The quantitative estimate of drug-likeness (QED) is 0.0666. The molecule has 0 aromatic carbocycles. The van der Waals surface area contributed by atoms with Gasteiger partial charge in [-0.15, -0.1) is 0 Å². The number of unbranched alkanes of at least 4 members (excludes halogenated alkanes) is 30. The van der Waals surface area contributed by atoms with Crippen molar-refractivity contribution in [2.24, 2.45) is 5.92 Å². The fourth-order valence-electron chi connectivity index (χ4n) is 6.72. The normalized spacial score (nSPS) is 12.4. The average Bonchev–Trinajstić information content (AvgIpc) is 2.97. The summed E-state index contributed by atoms with van der Waals surface area (Å²) in [4.78, 5) is 0. The fourth-order valence-corrected chi connectivity index (χ4v) is 6.72. The molecule has 0 radical (unpaired) electrons. The molecule has 0 aromatic rings. The molecule has 1 atom stereocenters. The summed E-state index contributed by atoms with van der Waals surface area (Å²) in [6.45, 7) is 6.97. The van der Waals surface area contributed by atoms with Gasteiger partial charge in [-0.3, -0.25) is 0 Å². The molecule has 0 rings (SSSR count). The van der Waals surface area contributed by atoms with E-state index in [9.17, 15) is 0 Å². The van der Waals surface area contributed by atoms with Crippen molar-refractivity contribution in [3.05, 3.63) is 0 Å². The summed E-state index contributed by atoms with van der Waals surface area (Å²) in [5, 5.41) is 0. The average molecular weight is 563 g/mol. The molecule has 0 nitrogen and oxygen atoms in total. The number of hydrogen-bond donors (Lipinski definition) is 0.